The highest BCUT2D eigenvalue weighted by Crippen LogP contribution is 2.21. The monoisotopic (exact) mass is 302 g/mol. The van der Waals surface area contributed by atoms with Crippen molar-refractivity contribution < 1.29 is 12.9 Å². The van der Waals surface area contributed by atoms with Crippen molar-refractivity contribution >= 4 is 26.7 Å². The summed E-state index contributed by atoms with van der Waals surface area (Å²) in [5.74, 6) is -0.224. The number of aromatic nitrogens is 1. The van der Waals surface area contributed by atoms with Gasteiger partial charge < -0.3 is 4.52 Å². The van der Waals surface area contributed by atoms with E-state index in [1.807, 2.05) is 31.2 Å². The highest BCUT2D eigenvalue weighted by molar-refractivity contribution is 7.91. The van der Waals surface area contributed by atoms with Crippen LogP contribution in [0.5, 0.6) is 0 Å². The number of nitrogens with one attached hydrogen (secondary N) is 1. The Morgan fingerprint density at radius 2 is 1.81 bits per heavy atom. The second-order valence-electron chi connectivity index (χ2n) is 4.80. The number of anilines is 1. The van der Waals surface area contributed by atoms with Gasteiger partial charge in [-0.1, -0.05) is 35.5 Å². The molecule has 1 aromatic heterocycles. The van der Waals surface area contributed by atoms with Crippen LogP contribution in [0, 0.1) is 6.92 Å². The summed E-state index contributed by atoms with van der Waals surface area (Å²) in [5.41, 5.74) is 2.43. The van der Waals surface area contributed by atoms with Crippen LogP contribution in [0.25, 0.3) is 11.0 Å². The van der Waals surface area contributed by atoms with Gasteiger partial charge in [-0.2, -0.15) is 0 Å². The van der Waals surface area contributed by atoms with E-state index < -0.39 is 10.0 Å². The maximum absolute atomic E-state index is 12.3. The first-order valence-electron chi connectivity index (χ1n) is 6.44. The van der Waals surface area contributed by atoms with Gasteiger partial charge in [-0.3, -0.25) is 4.72 Å². The third-order valence-electron chi connectivity index (χ3n) is 3.19. The van der Waals surface area contributed by atoms with E-state index in [-0.39, 0.29) is 5.75 Å². The van der Waals surface area contributed by atoms with Crippen molar-refractivity contribution in [1.29, 1.82) is 0 Å². The Morgan fingerprint density at radius 3 is 2.62 bits per heavy atom. The van der Waals surface area contributed by atoms with Crippen LogP contribution < -0.4 is 4.72 Å². The molecule has 0 aliphatic carbocycles. The van der Waals surface area contributed by atoms with Crippen molar-refractivity contribution in [3.05, 3.63) is 59.8 Å². The van der Waals surface area contributed by atoms with Crippen LogP contribution in [0.4, 0.5) is 5.69 Å². The van der Waals surface area contributed by atoms with Gasteiger partial charge >= 0.3 is 0 Å². The topological polar surface area (TPSA) is 72.2 Å². The SMILES string of the molecule is Cc1ccccc1NS(=O)(=O)Cc1noc2ccccc12. The minimum absolute atomic E-state index is 0.224. The molecule has 0 saturated carbocycles. The van der Waals surface area contributed by atoms with Crippen molar-refractivity contribution in [3.63, 3.8) is 0 Å². The molecule has 0 saturated heterocycles. The number of aryl methyl sites for hydroxylation is 1. The Bertz CT molecular complexity index is 885. The van der Waals surface area contributed by atoms with Crippen LogP contribution in [0.15, 0.2) is 53.1 Å². The average Bonchev–Trinajstić information content (AvgIpc) is 2.84. The zero-order valence-corrected chi connectivity index (χ0v) is 12.2. The normalized spacial score (nSPS) is 11.7. The van der Waals surface area contributed by atoms with E-state index in [4.69, 9.17) is 4.52 Å². The molecule has 0 unspecified atom stereocenters. The fourth-order valence-electron chi connectivity index (χ4n) is 2.11. The van der Waals surface area contributed by atoms with Gasteiger partial charge in [0.05, 0.1) is 5.69 Å². The first-order valence-corrected chi connectivity index (χ1v) is 8.10. The first-order chi connectivity index (χ1) is 10.1. The number of hydrogen-bond donors (Lipinski definition) is 1. The van der Waals surface area contributed by atoms with Crippen LogP contribution in [0.3, 0.4) is 0 Å². The van der Waals surface area contributed by atoms with Gasteiger partial charge in [0.15, 0.2) is 5.58 Å². The van der Waals surface area contributed by atoms with Gasteiger partial charge in [-0.05, 0) is 30.7 Å². The highest BCUT2D eigenvalue weighted by Gasteiger charge is 2.18. The predicted octanol–water partition coefficient (Wildman–Crippen LogP) is 3.08. The smallest absolute Gasteiger partial charge is 0.238 e. The number of sulfonamides is 1. The summed E-state index contributed by atoms with van der Waals surface area (Å²) < 4.78 is 32.2. The van der Waals surface area contributed by atoms with Crippen molar-refractivity contribution in [2.45, 2.75) is 12.7 Å². The Hall–Kier alpha value is -2.34. The molecule has 1 heterocycles. The molecule has 0 aliphatic rings. The van der Waals surface area contributed by atoms with Crippen molar-refractivity contribution in [1.82, 2.24) is 5.16 Å². The van der Waals surface area contributed by atoms with Crippen LogP contribution in [-0.2, 0) is 15.8 Å². The van der Waals surface area contributed by atoms with Gasteiger partial charge in [0.1, 0.15) is 11.4 Å². The summed E-state index contributed by atoms with van der Waals surface area (Å²) in [5, 5.41) is 4.57. The number of rotatable bonds is 4. The van der Waals surface area contributed by atoms with Gasteiger partial charge in [-0.15, -0.1) is 0 Å². The number of hydrogen-bond acceptors (Lipinski definition) is 4. The molecular formula is C15H14N2O3S. The minimum atomic E-state index is -3.54. The minimum Gasteiger partial charge on any atom is -0.356 e. The average molecular weight is 302 g/mol. The molecule has 2 aromatic carbocycles. The molecule has 6 heteroatoms. The van der Waals surface area contributed by atoms with E-state index in [1.54, 1.807) is 24.3 Å². The Kier molecular flexibility index (Phi) is 3.39. The molecule has 3 aromatic rings. The van der Waals surface area contributed by atoms with Gasteiger partial charge in [-0.25, -0.2) is 8.42 Å². The van der Waals surface area contributed by atoms with Crippen molar-refractivity contribution in [2.75, 3.05) is 4.72 Å². The standard InChI is InChI=1S/C15H14N2O3S/c1-11-6-2-4-8-13(11)17-21(18,19)10-14-12-7-3-5-9-15(12)20-16-14/h2-9,17H,10H2,1H3. The Balaban J connectivity index is 1.88. The fraction of sp³-hybridized carbons (Fsp3) is 0.133. The third kappa shape index (κ3) is 2.90. The summed E-state index contributed by atoms with van der Waals surface area (Å²) >= 11 is 0. The largest absolute Gasteiger partial charge is 0.356 e. The number of nitrogens with zero attached hydrogens (tertiary/aromatic N) is 1. The van der Waals surface area contributed by atoms with Crippen LogP contribution >= 0.6 is 0 Å². The van der Waals surface area contributed by atoms with E-state index >= 15 is 0 Å². The van der Waals surface area contributed by atoms with E-state index in [0.717, 1.165) is 5.56 Å². The molecule has 0 amide bonds. The van der Waals surface area contributed by atoms with E-state index in [9.17, 15) is 8.42 Å². The third-order valence-corrected chi connectivity index (χ3v) is 4.37. The summed E-state index contributed by atoms with van der Waals surface area (Å²) in [7, 11) is -3.54. The molecule has 1 N–H and O–H groups in total. The molecule has 108 valence electrons. The van der Waals surface area contributed by atoms with Gasteiger partial charge in [0.2, 0.25) is 10.0 Å². The van der Waals surface area contributed by atoms with Crippen LogP contribution in [0.2, 0.25) is 0 Å². The second-order valence-corrected chi connectivity index (χ2v) is 6.52. The predicted molar refractivity (Wildman–Crippen MR) is 81.4 cm³/mol. The molecule has 0 bridgehead atoms. The molecule has 21 heavy (non-hydrogen) atoms. The lowest BCUT2D eigenvalue weighted by molar-refractivity contribution is 0.448. The van der Waals surface area contributed by atoms with Crippen molar-refractivity contribution in [3.8, 4) is 0 Å². The summed E-state index contributed by atoms with van der Waals surface area (Å²) in [6.07, 6.45) is 0. The van der Waals surface area contributed by atoms with E-state index in [1.165, 1.54) is 0 Å². The quantitative estimate of drug-likeness (QED) is 0.804. The number of para-hydroxylation sites is 2. The zero-order valence-electron chi connectivity index (χ0n) is 11.4. The summed E-state index contributed by atoms with van der Waals surface area (Å²) in [6.45, 7) is 1.85. The van der Waals surface area contributed by atoms with Crippen LogP contribution in [-0.4, -0.2) is 13.6 Å². The molecular weight excluding hydrogens is 288 g/mol. The fourth-order valence-corrected chi connectivity index (χ4v) is 3.32. The lowest BCUT2D eigenvalue weighted by Crippen LogP contribution is -2.16. The van der Waals surface area contributed by atoms with Crippen molar-refractivity contribution in [2.24, 2.45) is 0 Å². The molecule has 3 rings (SSSR count). The van der Waals surface area contributed by atoms with E-state index in [0.29, 0.717) is 22.4 Å². The molecule has 0 fully saturated rings. The lowest BCUT2D eigenvalue weighted by atomic mass is 10.2. The summed E-state index contributed by atoms with van der Waals surface area (Å²) in [4.78, 5) is 0. The number of benzene rings is 2. The molecule has 0 aliphatic heterocycles. The maximum Gasteiger partial charge on any atom is 0.238 e. The zero-order chi connectivity index (χ0) is 14.9. The van der Waals surface area contributed by atoms with Crippen LogP contribution in [0.1, 0.15) is 11.3 Å². The summed E-state index contributed by atoms with van der Waals surface area (Å²) in [6, 6.07) is 14.4. The first kappa shape index (κ1) is 13.6. The lowest BCUT2D eigenvalue weighted by Gasteiger charge is -2.09. The molecule has 0 spiro atoms. The number of fused-ring (bicyclic) bond motifs is 1. The highest BCUT2D eigenvalue weighted by atomic mass is 32.2. The molecule has 5 nitrogen and oxygen atoms in total. The maximum atomic E-state index is 12.3. The Morgan fingerprint density at radius 1 is 1.10 bits per heavy atom. The van der Waals surface area contributed by atoms with Gasteiger partial charge in [0, 0.05) is 5.39 Å². The molecule has 0 radical (unpaired) electrons. The Labute approximate surface area is 122 Å². The second kappa shape index (κ2) is 5.21. The van der Waals surface area contributed by atoms with Gasteiger partial charge in [0.25, 0.3) is 0 Å². The molecule has 0 atom stereocenters. The van der Waals surface area contributed by atoms with E-state index in [2.05, 4.69) is 9.88 Å².